The Balaban J connectivity index is 1.81. The largest absolute Gasteiger partial charge is 0.323 e. The second-order valence-corrected chi connectivity index (χ2v) is 5.12. The van der Waals surface area contributed by atoms with Gasteiger partial charge in [-0.3, -0.25) is 9.78 Å². The number of benzene rings is 2. The Bertz CT molecular complexity index is 833. The van der Waals surface area contributed by atoms with Crippen LogP contribution in [0.3, 0.4) is 0 Å². The maximum Gasteiger partial charge on any atom is 0.274 e. The van der Waals surface area contributed by atoms with Crippen LogP contribution in [0.5, 0.6) is 0 Å². The SMILES string of the molecule is O=c1[nH]c(Nc2ccccc2Cl)nnc1Cc1ccccc1. The first kappa shape index (κ1) is 14.3. The minimum absolute atomic E-state index is 0.259. The van der Waals surface area contributed by atoms with Crippen molar-refractivity contribution < 1.29 is 0 Å². The van der Waals surface area contributed by atoms with E-state index in [-0.39, 0.29) is 11.5 Å². The van der Waals surface area contributed by atoms with Crippen LogP contribution in [0.4, 0.5) is 11.6 Å². The van der Waals surface area contributed by atoms with Crippen molar-refractivity contribution in [3.05, 3.63) is 81.2 Å². The predicted octanol–water partition coefficient (Wildman–Crippen LogP) is 3.15. The summed E-state index contributed by atoms with van der Waals surface area (Å²) in [6, 6.07) is 16.9. The van der Waals surface area contributed by atoms with E-state index in [9.17, 15) is 4.79 Å². The molecule has 2 aromatic carbocycles. The van der Waals surface area contributed by atoms with Crippen LogP contribution in [0.2, 0.25) is 5.02 Å². The van der Waals surface area contributed by atoms with E-state index in [1.54, 1.807) is 12.1 Å². The molecule has 5 nitrogen and oxygen atoms in total. The third kappa shape index (κ3) is 3.32. The quantitative estimate of drug-likeness (QED) is 0.776. The summed E-state index contributed by atoms with van der Waals surface area (Å²) in [5.74, 6) is 0.259. The van der Waals surface area contributed by atoms with E-state index in [0.717, 1.165) is 5.56 Å². The summed E-state index contributed by atoms with van der Waals surface area (Å²) in [4.78, 5) is 14.8. The summed E-state index contributed by atoms with van der Waals surface area (Å²) in [6.07, 6.45) is 0.440. The second-order valence-electron chi connectivity index (χ2n) is 4.72. The number of aromatic amines is 1. The van der Waals surface area contributed by atoms with E-state index in [1.165, 1.54) is 0 Å². The van der Waals surface area contributed by atoms with Crippen molar-refractivity contribution in [1.82, 2.24) is 15.2 Å². The van der Waals surface area contributed by atoms with Gasteiger partial charge in [0.15, 0.2) is 0 Å². The van der Waals surface area contributed by atoms with Gasteiger partial charge in [0.2, 0.25) is 5.95 Å². The number of nitrogens with zero attached hydrogens (tertiary/aromatic N) is 2. The summed E-state index contributed by atoms with van der Waals surface area (Å²) in [5.41, 5.74) is 1.77. The molecule has 0 atom stereocenters. The Labute approximate surface area is 132 Å². The van der Waals surface area contributed by atoms with Gasteiger partial charge in [0.25, 0.3) is 5.56 Å². The Hall–Kier alpha value is -2.66. The molecule has 0 unspecified atom stereocenters. The molecule has 6 heteroatoms. The van der Waals surface area contributed by atoms with Gasteiger partial charge in [-0.15, -0.1) is 10.2 Å². The molecule has 3 aromatic rings. The van der Waals surface area contributed by atoms with Gasteiger partial charge >= 0.3 is 0 Å². The lowest BCUT2D eigenvalue weighted by molar-refractivity contribution is 0.874. The number of aromatic nitrogens is 3. The molecule has 110 valence electrons. The number of hydrogen-bond donors (Lipinski definition) is 2. The summed E-state index contributed by atoms with van der Waals surface area (Å²) in [6.45, 7) is 0. The van der Waals surface area contributed by atoms with Gasteiger partial charge in [0, 0.05) is 6.42 Å². The highest BCUT2D eigenvalue weighted by Crippen LogP contribution is 2.22. The summed E-state index contributed by atoms with van der Waals surface area (Å²) < 4.78 is 0. The van der Waals surface area contributed by atoms with Crippen molar-refractivity contribution >= 4 is 23.2 Å². The van der Waals surface area contributed by atoms with Crippen molar-refractivity contribution in [1.29, 1.82) is 0 Å². The molecule has 0 fully saturated rings. The van der Waals surface area contributed by atoms with E-state index >= 15 is 0 Å². The van der Waals surface area contributed by atoms with Gasteiger partial charge in [-0.25, -0.2) is 0 Å². The lowest BCUT2D eigenvalue weighted by Gasteiger charge is -2.07. The molecule has 0 bridgehead atoms. The minimum Gasteiger partial charge on any atom is -0.323 e. The van der Waals surface area contributed by atoms with Gasteiger partial charge in [-0.2, -0.15) is 0 Å². The Morgan fingerprint density at radius 3 is 2.45 bits per heavy atom. The molecule has 0 aliphatic carbocycles. The zero-order chi connectivity index (χ0) is 15.4. The molecular formula is C16H13ClN4O. The molecule has 22 heavy (non-hydrogen) atoms. The smallest absolute Gasteiger partial charge is 0.274 e. The Morgan fingerprint density at radius 2 is 1.73 bits per heavy atom. The van der Waals surface area contributed by atoms with Crippen LogP contribution >= 0.6 is 11.6 Å². The molecule has 3 rings (SSSR count). The number of H-pyrrole nitrogens is 1. The van der Waals surface area contributed by atoms with Crippen LogP contribution in [0.15, 0.2) is 59.4 Å². The lowest BCUT2D eigenvalue weighted by Crippen LogP contribution is -2.18. The topological polar surface area (TPSA) is 70.7 Å². The number of nitrogens with one attached hydrogen (secondary N) is 2. The van der Waals surface area contributed by atoms with Crippen molar-refractivity contribution in [3.8, 4) is 0 Å². The fourth-order valence-electron chi connectivity index (χ4n) is 2.01. The fourth-order valence-corrected chi connectivity index (χ4v) is 2.19. The highest BCUT2D eigenvalue weighted by molar-refractivity contribution is 6.33. The van der Waals surface area contributed by atoms with Crippen LogP contribution < -0.4 is 10.9 Å². The standard InChI is InChI=1S/C16H13ClN4O/c17-12-8-4-5-9-13(12)18-16-19-15(22)14(20-21-16)10-11-6-2-1-3-7-11/h1-9H,10H2,(H2,18,19,21,22). The highest BCUT2D eigenvalue weighted by atomic mass is 35.5. The Kier molecular flexibility index (Phi) is 4.16. The second kappa shape index (κ2) is 6.41. The molecule has 0 spiro atoms. The normalized spacial score (nSPS) is 10.4. The monoisotopic (exact) mass is 312 g/mol. The van der Waals surface area contributed by atoms with Gasteiger partial charge in [-0.1, -0.05) is 54.1 Å². The molecule has 0 saturated heterocycles. The minimum atomic E-state index is -0.270. The first-order valence-electron chi connectivity index (χ1n) is 6.74. The zero-order valence-electron chi connectivity index (χ0n) is 11.6. The number of rotatable bonds is 4. The van der Waals surface area contributed by atoms with Crippen LogP contribution in [-0.2, 0) is 6.42 Å². The zero-order valence-corrected chi connectivity index (χ0v) is 12.3. The lowest BCUT2D eigenvalue weighted by atomic mass is 10.1. The third-order valence-corrected chi connectivity index (χ3v) is 3.44. The maximum absolute atomic E-state index is 12.1. The predicted molar refractivity (Wildman–Crippen MR) is 86.6 cm³/mol. The first-order valence-corrected chi connectivity index (χ1v) is 7.11. The Morgan fingerprint density at radius 1 is 1.00 bits per heavy atom. The maximum atomic E-state index is 12.1. The van der Waals surface area contributed by atoms with E-state index in [2.05, 4.69) is 20.5 Å². The molecule has 0 aliphatic rings. The number of anilines is 2. The molecular weight excluding hydrogens is 300 g/mol. The van der Waals surface area contributed by atoms with Gasteiger partial charge in [-0.05, 0) is 17.7 Å². The van der Waals surface area contributed by atoms with E-state index in [4.69, 9.17) is 11.6 Å². The van der Waals surface area contributed by atoms with Crippen LogP contribution in [0, 0.1) is 0 Å². The first-order chi connectivity index (χ1) is 10.7. The van der Waals surface area contributed by atoms with Crippen molar-refractivity contribution in [2.45, 2.75) is 6.42 Å². The van der Waals surface area contributed by atoms with Crippen molar-refractivity contribution in [3.63, 3.8) is 0 Å². The molecule has 0 radical (unpaired) electrons. The average Bonchev–Trinajstić information content (AvgIpc) is 2.53. The number of halogens is 1. The molecule has 0 amide bonds. The highest BCUT2D eigenvalue weighted by Gasteiger charge is 2.07. The average molecular weight is 313 g/mol. The van der Waals surface area contributed by atoms with Crippen molar-refractivity contribution in [2.75, 3.05) is 5.32 Å². The van der Waals surface area contributed by atoms with E-state index in [0.29, 0.717) is 22.8 Å². The fraction of sp³-hybridized carbons (Fsp3) is 0.0625. The van der Waals surface area contributed by atoms with Crippen LogP contribution in [0.1, 0.15) is 11.3 Å². The molecule has 0 saturated carbocycles. The van der Waals surface area contributed by atoms with Gasteiger partial charge in [0.05, 0.1) is 10.7 Å². The third-order valence-electron chi connectivity index (χ3n) is 3.11. The molecule has 1 aromatic heterocycles. The van der Waals surface area contributed by atoms with Crippen molar-refractivity contribution in [2.24, 2.45) is 0 Å². The number of para-hydroxylation sites is 1. The molecule has 0 aliphatic heterocycles. The van der Waals surface area contributed by atoms with E-state index in [1.807, 2.05) is 42.5 Å². The van der Waals surface area contributed by atoms with E-state index < -0.39 is 0 Å². The summed E-state index contributed by atoms with van der Waals surface area (Å²) in [5, 5.41) is 11.5. The number of hydrogen-bond acceptors (Lipinski definition) is 4. The molecule has 1 heterocycles. The summed E-state index contributed by atoms with van der Waals surface area (Å²) in [7, 11) is 0. The van der Waals surface area contributed by atoms with Gasteiger partial charge in [0.1, 0.15) is 5.69 Å². The summed E-state index contributed by atoms with van der Waals surface area (Å²) >= 11 is 6.05. The van der Waals surface area contributed by atoms with Crippen LogP contribution in [-0.4, -0.2) is 15.2 Å². The van der Waals surface area contributed by atoms with Gasteiger partial charge < -0.3 is 5.32 Å². The molecule has 2 N–H and O–H groups in total. The van der Waals surface area contributed by atoms with Crippen LogP contribution in [0.25, 0.3) is 0 Å².